The molecule has 0 bridgehead atoms. The van der Waals surface area contributed by atoms with Gasteiger partial charge in [-0.2, -0.15) is 0 Å². The first-order valence-electron chi connectivity index (χ1n) is 4.25. The van der Waals surface area contributed by atoms with Gasteiger partial charge in [0, 0.05) is 24.5 Å². The van der Waals surface area contributed by atoms with Crippen LogP contribution in [0.3, 0.4) is 0 Å². The van der Waals surface area contributed by atoms with Crippen molar-refractivity contribution < 1.29 is 0 Å². The summed E-state index contributed by atoms with van der Waals surface area (Å²) in [5, 5.41) is 0. The van der Waals surface area contributed by atoms with Crippen molar-refractivity contribution >= 4 is 0 Å². The lowest BCUT2D eigenvalue weighted by Crippen LogP contribution is -2.68. The van der Waals surface area contributed by atoms with E-state index in [-0.39, 0.29) is 0 Å². The second kappa shape index (κ2) is 1.95. The molecule has 58 valence electrons. The van der Waals surface area contributed by atoms with Gasteiger partial charge in [-0.3, -0.25) is 0 Å². The van der Waals surface area contributed by atoms with Gasteiger partial charge in [0.15, 0.2) is 0 Å². The second-order valence-corrected chi connectivity index (χ2v) is 3.81. The van der Waals surface area contributed by atoms with Gasteiger partial charge in [-0.25, -0.2) is 0 Å². The molecule has 10 heavy (non-hydrogen) atoms. The normalized spacial score (nSPS) is 37.2. The van der Waals surface area contributed by atoms with Gasteiger partial charge in [0.25, 0.3) is 0 Å². The average Bonchev–Trinajstić information content (AvgIpc) is 1.83. The number of likely N-dealkylation sites (tertiary alicyclic amines) is 1. The zero-order valence-corrected chi connectivity index (χ0v) is 6.64. The number of nitrogens with zero attached hydrogens (tertiary/aromatic N) is 1. The first-order chi connectivity index (χ1) is 4.77. The molecule has 1 aliphatic carbocycles. The van der Waals surface area contributed by atoms with Crippen LogP contribution in [0.4, 0.5) is 0 Å². The van der Waals surface area contributed by atoms with Crippen molar-refractivity contribution in [2.45, 2.75) is 25.8 Å². The summed E-state index contributed by atoms with van der Waals surface area (Å²) in [6, 6.07) is 0.523. The fourth-order valence-corrected chi connectivity index (χ4v) is 2.18. The molecular formula is C8H16N2. The Kier molecular flexibility index (Phi) is 1.29. The van der Waals surface area contributed by atoms with Crippen LogP contribution in [0.25, 0.3) is 0 Å². The molecule has 0 amide bonds. The van der Waals surface area contributed by atoms with Crippen molar-refractivity contribution in [3.05, 3.63) is 0 Å². The van der Waals surface area contributed by atoms with Crippen molar-refractivity contribution in [3.63, 3.8) is 0 Å². The smallest absolute Gasteiger partial charge is 0.0120 e. The van der Waals surface area contributed by atoms with Crippen molar-refractivity contribution in [2.75, 3.05) is 19.6 Å². The number of rotatable bonds is 1. The topological polar surface area (TPSA) is 29.3 Å². The summed E-state index contributed by atoms with van der Waals surface area (Å²) in [7, 11) is 0. The van der Waals surface area contributed by atoms with E-state index in [0.29, 0.717) is 11.5 Å². The lowest BCUT2D eigenvalue weighted by Gasteiger charge is -2.59. The molecule has 1 heterocycles. The van der Waals surface area contributed by atoms with Crippen molar-refractivity contribution in [3.8, 4) is 0 Å². The van der Waals surface area contributed by atoms with Gasteiger partial charge in [-0.1, -0.05) is 6.92 Å². The molecule has 0 radical (unpaired) electrons. The van der Waals surface area contributed by atoms with E-state index in [4.69, 9.17) is 5.73 Å². The molecule has 2 heteroatoms. The quantitative estimate of drug-likeness (QED) is 0.572. The molecule has 1 atom stereocenters. The first-order valence-corrected chi connectivity index (χ1v) is 4.25. The Bertz CT molecular complexity index is 138. The highest BCUT2D eigenvalue weighted by Crippen LogP contribution is 2.46. The Hall–Kier alpha value is -0.0800. The second-order valence-electron chi connectivity index (χ2n) is 3.81. The third kappa shape index (κ3) is 0.663. The Morgan fingerprint density at radius 1 is 1.60 bits per heavy atom. The van der Waals surface area contributed by atoms with E-state index in [1.165, 1.54) is 32.5 Å². The molecule has 2 N–H and O–H groups in total. The lowest BCUT2D eigenvalue weighted by molar-refractivity contribution is -0.0747. The van der Waals surface area contributed by atoms with Crippen LogP contribution >= 0.6 is 0 Å². The summed E-state index contributed by atoms with van der Waals surface area (Å²) in [5.41, 5.74) is 6.49. The zero-order chi connectivity index (χ0) is 7.19. The number of hydrogen-bond acceptors (Lipinski definition) is 2. The van der Waals surface area contributed by atoms with Crippen LogP contribution in [0.5, 0.6) is 0 Å². The van der Waals surface area contributed by atoms with Crippen LogP contribution in [-0.2, 0) is 0 Å². The summed E-state index contributed by atoms with van der Waals surface area (Å²) in [4.78, 5) is 2.47. The van der Waals surface area contributed by atoms with E-state index in [9.17, 15) is 0 Å². The highest BCUT2D eigenvalue weighted by atomic mass is 15.2. The van der Waals surface area contributed by atoms with Crippen molar-refractivity contribution in [1.82, 2.24) is 4.90 Å². The predicted octanol–water partition coefficient (Wildman–Crippen LogP) is 0.429. The maximum atomic E-state index is 5.91. The van der Waals surface area contributed by atoms with Gasteiger partial charge in [0.2, 0.25) is 0 Å². The molecule has 0 aromatic heterocycles. The minimum Gasteiger partial charge on any atom is -0.327 e. The molecule has 0 aromatic carbocycles. The molecule has 1 saturated carbocycles. The van der Waals surface area contributed by atoms with Gasteiger partial charge < -0.3 is 10.6 Å². The predicted molar refractivity (Wildman–Crippen MR) is 41.8 cm³/mol. The Balaban J connectivity index is 1.88. The first kappa shape index (κ1) is 6.62. The van der Waals surface area contributed by atoms with Crippen LogP contribution in [0.2, 0.25) is 0 Å². The molecule has 2 aliphatic rings. The Labute approximate surface area is 62.4 Å². The van der Waals surface area contributed by atoms with E-state index in [0.717, 1.165) is 0 Å². The van der Waals surface area contributed by atoms with Crippen LogP contribution in [0.15, 0.2) is 0 Å². The van der Waals surface area contributed by atoms with Crippen molar-refractivity contribution in [1.29, 1.82) is 0 Å². The van der Waals surface area contributed by atoms with Gasteiger partial charge in [0.05, 0.1) is 0 Å². The van der Waals surface area contributed by atoms with E-state index in [1.54, 1.807) is 0 Å². The molecule has 1 aliphatic heterocycles. The summed E-state index contributed by atoms with van der Waals surface area (Å²) in [5.74, 6) is 0. The minimum atomic E-state index is 0.523. The minimum absolute atomic E-state index is 0.523. The molecule has 0 unspecified atom stereocenters. The largest absolute Gasteiger partial charge is 0.327 e. The summed E-state index contributed by atoms with van der Waals surface area (Å²) in [6.07, 6.45) is 2.64. The van der Waals surface area contributed by atoms with Crippen LogP contribution < -0.4 is 5.73 Å². The molecule has 1 spiro atoms. The third-order valence-electron chi connectivity index (χ3n) is 3.26. The summed E-state index contributed by atoms with van der Waals surface area (Å²) >= 11 is 0. The highest BCUT2D eigenvalue weighted by Gasteiger charge is 2.52. The molecular weight excluding hydrogens is 124 g/mol. The fourth-order valence-electron chi connectivity index (χ4n) is 2.18. The van der Waals surface area contributed by atoms with Crippen LogP contribution in [0.1, 0.15) is 19.8 Å². The van der Waals surface area contributed by atoms with Crippen molar-refractivity contribution in [2.24, 2.45) is 11.1 Å². The maximum Gasteiger partial charge on any atom is 0.0120 e. The maximum absolute atomic E-state index is 5.91. The Morgan fingerprint density at radius 3 is 2.60 bits per heavy atom. The highest BCUT2D eigenvalue weighted by molar-refractivity contribution is 5.07. The monoisotopic (exact) mass is 140 g/mol. The average molecular weight is 140 g/mol. The summed E-state index contributed by atoms with van der Waals surface area (Å²) < 4.78 is 0. The third-order valence-corrected chi connectivity index (χ3v) is 3.26. The SMILES string of the molecule is CCN1CC2(CC[C@H]2N)C1. The van der Waals surface area contributed by atoms with Crippen LogP contribution in [-0.4, -0.2) is 30.6 Å². The molecule has 1 saturated heterocycles. The molecule has 2 nitrogen and oxygen atoms in total. The van der Waals surface area contributed by atoms with E-state index in [1.807, 2.05) is 0 Å². The fraction of sp³-hybridized carbons (Fsp3) is 1.00. The molecule has 0 aromatic rings. The zero-order valence-electron chi connectivity index (χ0n) is 6.64. The van der Waals surface area contributed by atoms with E-state index >= 15 is 0 Å². The van der Waals surface area contributed by atoms with Crippen LogP contribution in [0, 0.1) is 5.41 Å². The molecule has 2 rings (SSSR count). The number of hydrogen-bond donors (Lipinski definition) is 1. The Morgan fingerprint density at radius 2 is 2.30 bits per heavy atom. The van der Waals surface area contributed by atoms with E-state index < -0.39 is 0 Å². The van der Waals surface area contributed by atoms with Gasteiger partial charge in [-0.15, -0.1) is 0 Å². The van der Waals surface area contributed by atoms with Gasteiger partial charge in [0.1, 0.15) is 0 Å². The number of nitrogens with two attached hydrogens (primary N) is 1. The lowest BCUT2D eigenvalue weighted by atomic mass is 9.60. The van der Waals surface area contributed by atoms with Gasteiger partial charge >= 0.3 is 0 Å². The standard InChI is InChI=1S/C8H16N2/c1-2-10-5-8(6-10)4-3-7(8)9/h7H,2-6,9H2,1H3/t7-/m1/s1. The summed E-state index contributed by atoms with van der Waals surface area (Å²) in [6.45, 7) is 5.96. The van der Waals surface area contributed by atoms with Gasteiger partial charge in [-0.05, 0) is 19.4 Å². The molecule has 2 fully saturated rings. The van der Waals surface area contributed by atoms with E-state index in [2.05, 4.69) is 11.8 Å².